The molecule has 3 heterocycles. The van der Waals surface area contributed by atoms with Gasteiger partial charge in [0.15, 0.2) is 0 Å². The van der Waals surface area contributed by atoms with Crippen LogP contribution in [0.1, 0.15) is 28.6 Å². The molecule has 7 heteroatoms. The van der Waals surface area contributed by atoms with Crippen molar-refractivity contribution in [2.45, 2.75) is 26.3 Å². The molecule has 0 unspecified atom stereocenters. The largest absolute Gasteiger partial charge is 0.353 e. The Balaban J connectivity index is 1.45. The molecule has 2 aliphatic heterocycles. The number of aromatic nitrogens is 2. The van der Waals surface area contributed by atoms with E-state index >= 15 is 0 Å². The summed E-state index contributed by atoms with van der Waals surface area (Å²) in [7, 11) is 0. The first kappa shape index (κ1) is 20.5. The van der Waals surface area contributed by atoms with E-state index in [9.17, 15) is 9.59 Å². The molecule has 0 spiro atoms. The zero-order valence-electron chi connectivity index (χ0n) is 18.4. The molecule has 2 aromatic carbocycles. The average molecular weight is 430 g/mol. The number of carbonyl (C=O) groups is 2. The van der Waals surface area contributed by atoms with E-state index in [1.165, 1.54) is 5.56 Å². The average Bonchev–Trinajstić information content (AvgIpc) is 3.36. The third-order valence-electron chi connectivity index (χ3n) is 6.46. The number of aryl methyl sites for hydroxylation is 1. The fourth-order valence-corrected chi connectivity index (χ4v) is 4.93. The summed E-state index contributed by atoms with van der Waals surface area (Å²) in [5.41, 5.74) is 5.73. The molecule has 0 saturated carbocycles. The van der Waals surface area contributed by atoms with E-state index in [2.05, 4.69) is 11.4 Å². The predicted molar refractivity (Wildman–Crippen MR) is 123 cm³/mol. The number of amides is 2. The van der Waals surface area contributed by atoms with Crippen LogP contribution in [0.2, 0.25) is 0 Å². The molecule has 32 heavy (non-hydrogen) atoms. The van der Waals surface area contributed by atoms with E-state index in [1.54, 1.807) is 0 Å². The number of hydrogen-bond donors (Lipinski definition) is 1. The van der Waals surface area contributed by atoms with Gasteiger partial charge in [-0.3, -0.25) is 14.5 Å². The van der Waals surface area contributed by atoms with Gasteiger partial charge < -0.3 is 10.2 Å². The zero-order valence-corrected chi connectivity index (χ0v) is 18.4. The second-order valence-electron chi connectivity index (χ2n) is 8.42. The topological polar surface area (TPSA) is 70.5 Å². The molecule has 1 fully saturated rings. The minimum absolute atomic E-state index is 0.0282. The van der Waals surface area contributed by atoms with Gasteiger partial charge >= 0.3 is 0 Å². The summed E-state index contributed by atoms with van der Waals surface area (Å²) < 4.78 is 1.88. The van der Waals surface area contributed by atoms with Crippen molar-refractivity contribution in [3.05, 3.63) is 77.1 Å². The summed E-state index contributed by atoms with van der Waals surface area (Å²) >= 11 is 0. The Morgan fingerprint density at radius 1 is 1.06 bits per heavy atom. The third kappa shape index (κ3) is 3.48. The number of nitrogens with one attached hydrogen (secondary N) is 1. The highest BCUT2D eigenvalue weighted by Gasteiger charge is 2.37. The summed E-state index contributed by atoms with van der Waals surface area (Å²) in [6, 6.07) is 17.4. The molecule has 164 valence electrons. The standard InChI is InChI=1S/C25H27N5O2/c1-17-23(18(2)30(27-17)20-9-4-3-5-10-20)24-25(32)26-13-15-28(24)16-22(31)29-14-12-19-8-6-7-11-21(19)29/h3-11,24H,12-16H2,1-2H3,(H,26,32)/t24-/m1/s1. The quantitative estimate of drug-likeness (QED) is 0.692. The number of piperazine rings is 1. The lowest BCUT2D eigenvalue weighted by atomic mass is 10.00. The molecule has 3 aromatic rings. The minimum atomic E-state index is -0.539. The fourth-order valence-electron chi connectivity index (χ4n) is 4.93. The number of benzene rings is 2. The van der Waals surface area contributed by atoms with Crippen LogP contribution in [0.25, 0.3) is 5.69 Å². The van der Waals surface area contributed by atoms with Gasteiger partial charge in [0, 0.05) is 36.6 Å². The van der Waals surface area contributed by atoms with Crippen molar-refractivity contribution < 1.29 is 9.59 Å². The number of nitrogens with zero attached hydrogens (tertiary/aromatic N) is 4. The van der Waals surface area contributed by atoms with Gasteiger partial charge in [-0.2, -0.15) is 5.10 Å². The van der Waals surface area contributed by atoms with Crippen molar-refractivity contribution in [2.75, 3.05) is 31.1 Å². The number of carbonyl (C=O) groups excluding carboxylic acids is 2. The SMILES string of the molecule is Cc1nn(-c2ccccc2)c(C)c1[C@@H]1C(=O)NCCN1CC(=O)N1CCc2ccccc21. The van der Waals surface area contributed by atoms with Crippen LogP contribution in [-0.4, -0.2) is 52.7 Å². The van der Waals surface area contributed by atoms with Crippen molar-refractivity contribution in [3.63, 3.8) is 0 Å². The van der Waals surface area contributed by atoms with E-state index < -0.39 is 6.04 Å². The van der Waals surface area contributed by atoms with E-state index in [4.69, 9.17) is 5.10 Å². The van der Waals surface area contributed by atoms with Gasteiger partial charge in [0.25, 0.3) is 0 Å². The van der Waals surface area contributed by atoms with Crippen molar-refractivity contribution in [1.82, 2.24) is 20.0 Å². The molecule has 0 bridgehead atoms. The first-order chi connectivity index (χ1) is 15.5. The van der Waals surface area contributed by atoms with Crippen molar-refractivity contribution in [3.8, 4) is 5.69 Å². The molecular weight excluding hydrogens is 402 g/mol. The first-order valence-corrected chi connectivity index (χ1v) is 11.1. The second-order valence-corrected chi connectivity index (χ2v) is 8.42. The molecule has 1 aromatic heterocycles. The Kier molecular flexibility index (Phi) is 5.27. The van der Waals surface area contributed by atoms with Gasteiger partial charge in [-0.1, -0.05) is 36.4 Å². The van der Waals surface area contributed by atoms with Gasteiger partial charge in [0.2, 0.25) is 11.8 Å². The Morgan fingerprint density at radius 3 is 2.62 bits per heavy atom. The Morgan fingerprint density at radius 2 is 1.81 bits per heavy atom. The van der Waals surface area contributed by atoms with Gasteiger partial charge in [-0.15, -0.1) is 0 Å². The summed E-state index contributed by atoms with van der Waals surface area (Å²) in [6.45, 7) is 5.95. The lowest BCUT2D eigenvalue weighted by molar-refractivity contribution is -0.131. The number of fused-ring (bicyclic) bond motifs is 1. The molecule has 2 aliphatic rings. The normalized spacial score (nSPS) is 18.5. The van der Waals surface area contributed by atoms with Crippen LogP contribution in [0.4, 0.5) is 5.69 Å². The molecule has 0 aliphatic carbocycles. The van der Waals surface area contributed by atoms with E-state index in [-0.39, 0.29) is 18.4 Å². The first-order valence-electron chi connectivity index (χ1n) is 11.1. The molecule has 7 nitrogen and oxygen atoms in total. The number of anilines is 1. The van der Waals surface area contributed by atoms with Crippen LogP contribution in [0.5, 0.6) is 0 Å². The highest BCUT2D eigenvalue weighted by Crippen LogP contribution is 2.32. The van der Waals surface area contributed by atoms with E-state index in [0.717, 1.165) is 34.7 Å². The zero-order chi connectivity index (χ0) is 22.2. The number of rotatable bonds is 4. The summed E-state index contributed by atoms with van der Waals surface area (Å²) in [4.78, 5) is 30.2. The van der Waals surface area contributed by atoms with Crippen LogP contribution in [-0.2, 0) is 16.0 Å². The fraction of sp³-hybridized carbons (Fsp3) is 0.320. The van der Waals surface area contributed by atoms with E-state index in [0.29, 0.717) is 19.6 Å². The summed E-state index contributed by atoms with van der Waals surface area (Å²) in [5, 5.41) is 7.71. The lowest BCUT2D eigenvalue weighted by Gasteiger charge is -2.35. The molecule has 0 radical (unpaired) electrons. The Labute approximate surface area is 187 Å². The van der Waals surface area contributed by atoms with Crippen LogP contribution in [0, 0.1) is 13.8 Å². The van der Waals surface area contributed by atoms with Crippen molar-refractivity contribution in [2.24, 2.45) is 0 Å². The molecule has 1 N–H and O–H groups in total. The van der Waals surface area contributed by atoms with E-state index in [1.807, 2.05) is 76.9 Å². The van der Waals surface area contributed by atoms with Crippen LogP contribution in [0.3, 0.4) is 0 Å². The monoisotopic (exact) mass is 429 g/mol. The van der Waals surface area contributed by atoms with Crippen molar-refractivity contribution >= 4 is 17.5 Å². The highest BCUT2D eigenvalue weighted by atomic mass is 16.2. The third-order valence-corrected chi connectivity index (χ3v) is 6.46. The van der Waals surface area contributed by atoms with Crippen LogP contribution < -0.4 is 10.2 Å². The minimum Gasteiger partial charge on any atom is -0.353 e. The molecule has 2 amide bonds. The van der Waals surface area contributed by atoms with Crippen LogP contribution in [0.15, 0.2) is 54.6 Å². The van der Waals surface area contributed by atoms with Gasteiger partial charge in [0.1, 0.15) is 6.04 Å². The maximum atomic E-state index is 13.3. The van der Waals surface area contributed by atoms with Crippen molar-refractivity contribution in [1.29, 1.82) is 0 Å². The summed E-state index contributed by atoms with van der Waals surface area (Å²) in [6.07, 6.45) is 0.869. The van der Waals surface area contributed by atoms with Gasteiger partial charge in [-0.25, -0.2) is 4.68 Å². The summed E-state index contributed by atoms with van der Waals surface area (Å²) in [5.74, 6) is -0.0508. The molecule has 5 rings (SSSR count). The Bertz CT molecular complexity index is 1170. The van der Waals surface area contributed by atoms with Gasteiger partial charge in [0.05, 0.1) is 17.9 Å². The van der Waals surface area contributed by atoms with Crippen LogP contribution >= 0.6 is 0 Å². The molecule has 1 atom stereocenters. The maximum absolute atomic E-state index is 13.3. The molecule has 1 saturated heterocycles. The number of hydrogen-bond acceptors (Lipinski definition) is 4. The second kappa shape index (κ2) is 8.24. The molecular formula is C25H27N5O2. The highest BCUT2D eigenvalue weighted by molar-refractivity contribution is 5.97. The smallest absolute Gasteiger partial charge is 0.242 e. The predicted octanol–water partition coefficient (Wildman–Crippen LogP) is 2.55. The Hall–Kier alpha value is -3.45. The lowest BCUT2D eigenvalue weighted by Crippen LogP contribution is -2.53. The number of para-hydroxylation sites is 2. The van der Waals surface area contributed by atoms with Gasteiger partial charge in [-0.05, 0) is 44.0 Å². The maximum Gasteiger partial charge on any atom is 0.242 e.